The van der Waals surface area contributed by atoms with Gasteiger partial charge in [0, 0.05) is 15.9 Å². The van der Waals surface area contributed by atoms with E-state index in [1.165, 1.54) is 0 Å². The van der Waals surface area contributed by atoms with Gasteiger partial charge >= 0.3 is 0 Å². The molecular weight excluding hydrogens is 210 g/mol. The first-order chi connectivity index (χ1) is 5.27. The molecule has 1 aromatic heterocycles. The molecule has 2 rings (SSSR count). The SMILES string of the molecule is OC1CCCc2nc(Br)oc21. The smallest absolute Gasteiger partial charge is 0.264 e. The predicted molar refractivity (Wildman–Crippen MR) is 42.1 cm³/mol. The molecule has 1 aromatic rings. The molecule has 1 unspecified atom stereocenters. The molecular formula is C7H8BrNO2. The molecule has 3 nitrogen and oxygen atoms in total. The summed E-state index contributed by atoms with van der Waals surface area (Å²) in [6.45, 7) is 0. The zero-order chi connectivity index (χ0) is 7.84. The van der Waals surface area contributed by atoms with Crippen LogP contribution in [0.1, 0.15) is 30.4 Å². The molecule has 0 aromatic carbocycles. The van der Waals surface area contributed by atoms with Crippen molar-refractivity contribution in [2.75, 3.05) is 0 Å². The minimum absolute atomic E-state index is 0.447. The Morgan fingerprint density at radius 3 is 3.18 bits per heavy atom. The lowest BCUT2D eigenvalue weighted by Gasteiger charge is -2.13. The summed E-state index contributed by atoms with van der Waals surface area (Å²) in [5.41, 5.74) is 0.899. The van der Waals surface area contributed by atoms with Crippen molar-refractivity contribution in [3.8, 4) is 0 Å². The lowest BCUT2D eigenvalue weighted by Crippen LogP contribution is -2.06. The Hall–Kier alpha value is -0.350. The van der Waals surface area contributed by atoms with Crippen molar-refractivity contribution < 1.29 is 9.52 Å². The molecule has 0 fully saturated rings. The third-order valence-electron chi connectivity index (χ3n) is 1.90. The van der Waals surface area contributed by atoms with Gasteiger partial charge in [-0.1, -0.05) is 0 Å². The first-order valence-corrected chi connectivity index (χ1v) is 4.40. The highest BCUT2D eigenvalue weighted by atomic mass is 79.9. The fraction of sp³-hybridized carbons (Fsp3) is 0.571. The normalized spacial score (nSPS) is 23.3. The number of fused-ring (bicyclic) bond motifs is 1. The van der Waals surface area contributed by atoms with Crippen molar-refractivity contribution in [1.82, 2.24) is 4.98 Å². The monoisotopic (exact) mass is 217 g/mol. The molecule has 1 atom stereocenters. The number of hydrogen-bond acceptors (Lipinski definition) is 3. The zero-order valence-electron chi connectivity index (χ0n) is 5.88. The van der Waals surface area contributed by atoms with Crippen LogP contribution in [0.15, 0.2) is 9.22 Å². The molecule has 0 amide bonds. The highest BCUT2D eigenvalue weighted by molar-refractivity contribution is 9.10. The van der Waals surface area contributed by atoms with E-state index < -0.39 is 6.10 Å². The van der Waals surface area contributed by atoms with Crippen LogP contribution in [-0.2, 0) is 6.42 Å². The fourth-order valence-corrected chi connectivity index (χ4v) is 1.76. The molecule has 0 saturated heterocycles. The highest BCUT2D eigenvalue weighted by Gasteiger charge is 2.23. The number of aromatic nitrogens is 1. The summed E-state index contributed by atoms with van der Waals surface area (Å²) < 4.78 is 5.17. The van der Waals surface area contributed by atoms with E-state index in [2.05, 4.69) is 20.9 Å². The molecule has 0 saturated carbocycles. The van der Waals surface area contributed by atoms with Crippen LogP contribution in [-0.4, -0.2) is 10.1 Å². The second-order valence-electron chi connectivity index (χ2n) is 2.69. The first kappa shape index (κ1) is 7.31. The van der Waals surface area contributed by atoms with Gasteiger partial charge in [0.25, 0.3) is 4.80 Å². The summed E-state index contributed by atoms with van der Waals surface area (Å²) in [5.74, 6) is 0.642. The fourth-order valence-electron chi connectivity index (χ4n) is 1.37. The van der Waals surface area contributed by atoms with Crippen molar-refractivity contribution in [2.45, 2.75) is 25.4 Å². The molecule has 0 aliphatic heterocycles. The molecule has 0 bridgehead atoms. The Kier molecular flexibility index (Phi) is 1.73. The number of aryl methyl sites for hydroxylation is 1. The molecule has 60 valence electrons. The van der Waals surface area contributed by atoms with Crippen LogP contribution < -0.4 is 0 Å². The molecule has 4 heteroatoms. The summed E-state index contributed by atoms with van der Waals surface area (Å²) in [6.07, 6.45) is 2.25. The van der Waals surface area contributed by atoms with Gasteiger partial charge < -0.3 is 9.52 Å². The van der Waals surface area contributed by atoms with Gasteiger partial charge in [-0.2, -0.15) is 0 Å². The zero-order valence-corrected chi connectivity index (χ0v) is 7.47. The highest BCUT2D eigenvalue weighted by Crippen LogP contribution is 2.31. The van der Waals surface area contributed by atoms with Gasteiger partial charge in [-0.15, -0.1) is 0 Å². The molecule has 0 radical (unpaired) electrons. The number of aliphatic hydroxyl groups excluding tert-OH is 1. The summed E-state index contributed by atoms with van der Waals surface area (Å²) in [6, 6.07) is 0. The summed E-state index contributed by atoms with van der Waals surface area (Å²) >= 11 is 3.13. The molecule has 1 aliphatic rings. The number of aliphatic hydroxyl groups is 1. The number of halogens is 1. The van der Waals surface area contributed by atoms with E-state index in [1.54, 1.807) is 0 Å². The summed E-state index contributed by atoms with van der Waals surface area (Å²) in [7, 11) is 0. The second-order valence-corrected chi connectivity index (χ2v) is 3.36. The molecule has 11 heavy (non-hydrogen) atoms. The Morgan fingerprint density at radius 1 is 1.64 bits per heavy atom. The third-order valence-corrected chi connectivity index (χ3v) is 2.23. The number of oxazole rings is 1. The van der Waals surface area contributed by atoms with E-state index in [9.17, 15) is 5.11 Å². The standard InChI is InChI=1S/C7H8BrNO2/c8-7-9-4-2-1-3-5(10)6(4)11-7/h5,10H,1-3H2. The Morgan fingerprint density at radius 2 is 2.45 bits per heavy atom. The summed E-state index contributed by atoms with van der Waals surface area (Å²) in [4.78, 5) is 4.57. The Labute approximate surface area is 72.6 Å². The van der Waals surface area contributed by atoms with Crippen molar-refractivity contribution in [3.63, 3.8) is 0 Å². The third kappa shape index (κ3) is 1.20. The van der Waals surface area contributed by atoms with Gasteiger partial charge in [-0.25, -0.2) is 4.98 Å². The Balaban J connectivity index is 2.43. The lowest BCUT2D eigenvalue weighted by atomic mass is 10.00. The van der Waals surface area contributed by atoms with Crippen LogP contribution in [0.25, 0.3) is 0 Å². The van der Waals surface area contributed by atoms with E-state index in [0.717, 1.165) is 25.0 Å². The number of rotatable bonds is 0. The average Bonchev–Trinajstić information content (AvgIpc) is 2.31. The van der Waals surface area contributed by atoms with Crippen molar-refractivity contribution in [1.29, 1.82) is 0 Å². The summed E-state index contributed by atoms with van der Waals surface area (Å²) in [5, 5.41) is 9.42. The van der Waals surface area contributed by atoms with Gasteiger partial charge in [0.05, 0.1) is 5.69 Å². The van der Waals surface area contributed by atoms with Crippen LogP contribution in [0.4, 0.5) is 0 Å². The van der Waals surface area contributed by atoms with Crippen LogP contribution in [0.2, 0.25) is 0 Å². The molecule has 1 heterocycles. The maximum atomic E-state index is 9.42. The van der Waals surface area contributed by atoms with Crippen molar-refractivity contribution >= 4 is 15.9 Å². The van der Waals surface area contributed by atoms with Gasteiger partial charge in [0.2, 0.25) is 0 Å². The lowest BCUT2D eigenvalue weighted by molar-refractivity contribution is 0.127. The number of nitrogens with zero attached hydrogens (tertiary/aromatic N) is 1. The molecule has 1 N–H and O–H groups in total. The topological polar surface area (TPSA) is 46.3 Å². The largest absolute Gasteiger partial charge is 0.433 e. The molecule has 1 aliphatic carbocycles. The minimum atomic E-state index is -0.447. The maximum absolute atomic E-state index is 9.42. The van der Waals surface area contributed by atoms with E-state index in [4.69, 9.17) is 4.42 Å². The molecule has 0 spiro atoms. The van der Waals surface area contributed by atoms with E-state index >= 15 is 0 Å². The van der Waals surface area contributed by atoms with Crippen LogP contribution >= 0.6 is 15.9 Å². The van der Waals surface area contributed by atoms with Crippen LogP contribution in [0.5, 0.6) is 0 Å². The van der Waals surface area contributed by atoms with Crippen molar-refractivity contribution in [2.24, 2.45) is 0 Å². The van der Waals surface area contributed by atoms with E-state index in [-0.39, 0.29) is 0 Å². The van der Waals surface area contributed by atoms with Gasteiger partial charge in [-0.05, 0) is 19.3 Å². The Bertz CT molecular complexity index is 271. The maximum Gasteiger partial charge on any atom is 0.264 e. The minimum Gasteiger partial charge on any atom is -0.433 e. The number of hydrogen-bond donors (Lipinski definition) is 1. The van der Waals surface area contributed by atoms with Crippen molar-refractivity contribution in [3.05, 3.63) is 16.3 Å². The van der Waals surface area contributed by atoms with Crippen LogP contribution in [0.3, 0.4) is 0 Å². The van der Waals surface area contributed by atoms with Crippen LogP contribution in [0, 0.1) is 0 Å². The van der Waals surface area contributed by atoms with Gasteiger partial charge in [-0.3, -0.25) is 0 Å². The second kappa shape index (κ2) is 2.60. The van der Waals surface area contributed by atoms with Gasteiger partial charge in [0.15, 0.2) is 5.76 Å². The quantitative estimate of drug-likeness (QED) is 0.722. The van der Waals surface area contributed by atoms with E-state index in [1.807, 2.05) is 0 Å². The first-order valence-electron chi connectivity index (χ1n) is 3.60. The van der Waals surface area contributed by atoms with E-state index in [0.29, 0.717) is 10.6 Å². The predicted octanol–water partition coefficient (Wildman–Crippen LogP) is 1.81. The average molecular weight is 218 g/mol. The van der Waals surface area contributed by atoms with Gasteiger partial charge in [0.1, 0.15) is 6.10 Å².